The minimum absolute atomic E-state index is 0.0496. The molecule has 1 N–H and O–H groups in total. The fraction of sp³-hybridized carbons (Fsp3) is 0.636. The Morgan fingerprint density at radius 1 is 1.60 bits per heavy atom. The SMILES string of the molecule is C[C@@H]1C=C[C@@H](CC(=O)O)[C@H]2CC(=O)O[C@H]21. The molecule has 2 aliphatic rings. The lowest BCUT2D eigenvalue weighted by atomic mass is 9.75. The summed E-state index contributed by atoms with van der Waals surface area (Å²) < 4.78 is 5.21. The summed E-state index contributed by atoms with van der Waals surface area (Å²) in [5.41, 5.74) is 0. The van der Waals surface area contributed by atoms with Crippen molar-refractivity contribution in [3.63, 3.8) is 0 Å². The summed E-state index contributed by atoms with van der Waals surface area (Å²) in [6, 6.07) is 0. The quantitative estimate of drug-likeness (QED) is 0.549. The van der Waals surface area contributed by atoms with Crippen LogP contribution in [0.5, 0.6) is 0 Å². The van der Waals surface area contributed by atoms with Gasteiger partial charge >= 0.3 is 11.9 Å². The van der Waals surface area contributed by atoms with Crippen LogP contribution in [0.25, 0.3) is 0 Å². The van der Waals surface area contributed by atoms with E-state index in [2.05, 4.69) is 0 Å². The van der Waals surface area contributed by atoms with Gasteiger partial charge in [0.15, 0.2) is 0 Å². The fourth-order valence-corrected chi connectivity index (χ4v) is 2.48. The van der Waals surface area contributed by atoms with Crippen LogP contribution >= 0.6 is 0 Å². The Hall–Kier alpha value is -1.32. The third-order valence-corrected chi connectivity index (χ3v) is 3.23. The van der Waals surface area contributed by atoms with Crippen molar-refractivity contribution in [3.8, 4) is 0 Å². The van der Waals surface area contributed by atoms with Crippen LogP contribution in [0.1, 0.15) is 19.8 Å². The fourth-order valence-electron chi connectivity index (χ4n) is 2.48. The highest BCUT2D eigenvalue weighted by molar-refractivity contribution is 5.73. The molecule has 0 unspecified atom stereocenters. The van der Waals surface area contributed by atoms with Crippen LogP contribution in [-0.4, -0.2) is 23.1 Å². The summed E-state index contributed by atoms with van der Waals surface area (Å²) in [7, 11) is 0. The highest BCUT2D eigenvalue weighted by Crippen LogP contribution is 2.39. The van der Waals surface area contributed by atoms with Crippen molar-refractivity contribution in [2.75, 3.05) is 0 Å². The number of esters is 1. The molecule has 2 rings (SSSR count). The molecule has 0 aromatic heterocycles. The maximum absolute atomic E-state index is 11.2. The van der Waals surface area contributed by atoms with Crippen LogP contribution in [0.4, 0.5) is 0 Å². The van der Waals surface area contributed by atoms with E-state index < -0.39 is 5.97 Å². The minimum Gasteiger partial charge on any atom is -0.481 e. The number of carbonyl (C=O) groups excluding carboxylic acids is 1. The van der Waals surface area contributed by atoms with Gasteiger partial charge in [0.25, 0.3) is 0 Å². The number of rotatable bonds is 2. The van der Waals surface area contributed by atoms with Gasteiger partial charge in [-0.25, -0.2) is 0 Å². The molecule has 4 heteroatoms. The number of aliphatic carboxylic acids is 1. The van der Waals surface area contributed by atoms with Crippen molar-refractivity contribution in [2.45, 2.75) is 25.9 Å². The van der Waals surface area contributed by atoms with Crippen LogP contribution in [-0.2, 0) is 14.3 Å². The molecular formula is C11H14O4. The van der Waals surface area contributed by atoms with Gasteiger partial charge in [-0.2, -0.15) is 0 Å². The zero-order chi connectivity index (χ0) is 11.0. The molecule has 1 saturated heterocycles. The van der Waals surface area contributed by atoms with E-state index in [4.69, 9.17) is 9.84 Å². The third-order valence-electron chi connectivity index (χ3n) is 3.23. The topological polar surface area (TPSA) is 63.6 Å². The Morgan fingerprint density at radius 3 is 3.00 bits per heavy atom. The average molecular weight is 210 g/mol. The van der Waals surface area contributed by atoms with Crippen molar-refractivity contribution >= 4 is 11.9 Å². The average Bonchev–Trinajstić information content (AvgIpc) is 2.52. The Kier molecular flexibility index (Phi) is 2.50. The molecule has 0 amide bonds. The molecule has 1 heterocycles. The second kappa shape index (κ2) is 3.68. The van der Waals surface area contributed by atoms with E-state index in [9.17, 15) is 9.59 Å². The number of carbonyl (C=O) groups is 2. The maximum atomic E-state index is 11.2. The molecular weight excluding hydrogens is 196 g/mol. The largest absolute Gasteiger partial charge is 0.481 e. The zero-order valence-corrected chi connectivity index (χ0v) is 8.55. The number of carboxylic acid groups (broad SMARTS) is 1. The normalized spacial score (nSPS) is 38.6. The van der Waals surface area contributed by atoms with Crippen molar-refractivity contribution in [3.05, 3.63) is 12.2 Å². The molecule has 0 aromatic rings. The molecule has 1 aliphatic carbocycles. The summed E-state index contributed by atoms with van der Waals surface area (Å²) in [6.07, 6.45) is 4.19. The summed E-state index contributed by atoms with van der Waals surface area (Å²) >= 11 is 0. The van der Waals surface area contributed by atoms with E-state index in [1.807, 2.05) is 19.1 Å². The Labute approximate surface area is 87.9 Å². The van der Waals surface area contributed by atoms with E-state index in [-0.39, 0.29) is 36.2 Å². The van der Waals surface area contributed by atoms with Gasteiger partial charge in [0.1, 0.15) is 6.10 Å². The number of hydrogen-bond acceptors (Lipinski definition) is 3. The Bertz CT molecular complexity index is 321. The lowest BCUT2D eigenvalue weighted by Gasteiger charge is -2.30. The third kappa shape index (κ3) is 1.89. The number of ether oxygens (including phenoxy) is 1. The smallest absolute Gasteiger partial charge is 0.306 e. The number of fused-ring (bicyclic) bond motifs is 1. The maximum Gasteiger partial charge on any atom is 0.306 e. The first kappa shape index (κ1) is 10.2. The number of hydrogen-bond donors (Lipinski definition) is 1. The van der Waals surface area contributed by atoms with E-state index in [0.29, 0.717) is 6.42 Å². The molecule has 15 heavy (non-hydrogen) atoms. The minimum atomic E-state index is -0.822. The van der Waals surface area contributed by atoms with Crippen LogP contribution in [0.15, 0.2) is 12.2 Å². The summed E-state index contributed by atoms with van der Waals surface area (Å²) in [5, 5.41) is 8.76. The van der Waals surface area contributed by atoms with Gasteiger partial charge in [-0.05, 0) is 5.92 Å². The number of allylic oxidation sites excluding steroid dienone is 1. The molecule has 4 nitrogen and oxygen atoms in total. The van der Waals surface area contributed by atoms with Gasteiger partial charge in [0.2, 0.25) is 0 Å². The summed E-state index contributed by atoms with van der Waals surface area (Å²) in [4.78, 5) is 21.8. The molecule has 0 aromatic carbocycles. The van der Waals surface area contributed by atoms with E-state index >= 15 is 0 Å². The van der Waals surface area contributed by atoms with Crippen LogP contribution in [0.3, 0.4) is 0 Å². The second-order valence-corrected chi connectivity index (χ2v) is 4.33. The highest BCUT2D eigenvalue weighted by atomic mass is 16.6. The van der Waals surface area contributed by atoms with Crippen molar-refractivity contribution in [1.82, 2.24) is 0 Å². The standard InChI is InChI=1S/C11H14O4/c1-6-2-3-7(4-9(12)13)8-5-10(14)15-11(6)8/h2-3,6-8,11H,4-5H2,1H3,(H,12,13)/t6-,7+,8-,11+/m1/s1. The molecule has 1 fully saturated rings. The lowest BCUT2D eigenvalue weighted by molar-refractivity contribution is -0.142. The van der Waals surface area contributed by atoms with E-state index in [1.54, 1.807) is 0 Å². The Balaban J connectivity index is 2.16. The second-order valence-electron chi connectivity index (χ2n) is 4.33. The van der Waals surface area contributed by atoms with Crippen molar-refractivity contribution < 1.29 is 19.4 Å². The number of carboxylic acids is 1. The van der Waals surface area contributed by atoms with E-state index in [1.165, 1.54) is 0 Å². The summed E-state index contributed by atoms with van der Waals surface area (Å²) in [5.74, 6) is -0.830. The molecule has 4 atom stereocenters. The van der Waals surface area contributed by atoms with Gasteiger partial charge in [-0.3, -0.25) is 9.59 Å². The molecule has 1 aliphatic heterocycles. The van der Waals surface area contributed by atoms with Crippen LogP contribution in [0.2, 0.25) is 0 Å². The zero-order valence-electron chi connectivity index (χ0n) is 8.55. The molecule has 0 bridgehead atoms. The monoisotopic (exact) mass is 210 g/mol. The van der Waals surface area contributed by atoms with Gasteiger partial charge in [-0.1, -0.05) is 19.1 Å². The van der Waals surface area contributed by atoms with Crippen LogP contribution in [0, 0.1) is 17.8 Å². The van der Waals surface area contributed by atoms with Gasteiger partial charge < -0.3 is 9.84 Å². The molecule has 0 saturated carbocycles. The van der Waals surface area contributed by atoms with Crippen LogP contribution < -0.4 is 0 Å². The first-order chi connectivity index (χ1) is 7.08. The first-order valence-corrected chi connectivity index (χ1v) is 5.17. The van der Waals surface area contributed by atoms with Crippen molar-refractivity contribution in [1.29, 1.82) is 0 Å². The molecule has 0 radical (unpaired) electrons. The van der Waals surface area contributed by atoms with Gasteiger partial charge in [0.05, 0.1) is 12.8 Å². The molecule has 0 spiro atoms. The Morgan fingerprint density at radius 2 is 2.33 bits per heavy atom. The summed E-state index contributed by atoms with van der Waals surface area (Å²) in [6.45, 7) is 1.99. The highest BCUT2D eigenvalue weighted by Gasteiger charge is 2.43. The predicted molar refractivity (Wildman–Crippen MR) is 52.0 cm³/mol. The lowest BCUT2D eigenvalue weighted by Crippen LogP contribution is -2.32. The van der Waals surface area contributed by atoms with Gasteiger partial charge in [-0.15, -0.1) is 0 Å². The van der Waals surface area contributed by atoms with Gasteiger partial charge in [0, 0.05) is 11.8 Å². The van der Waals surface area contributed by atoms with Crippen molar-refractivity contribution in [2.24, 2.45) is 17.8 Å². The first-order valence-electron chi connectivity index (χ1n) is 5.17. The van der Waals surface area contributed by atoms with E-state index in [0.717, 1.165) is 0 Å². The predicted octanol–water partition coefficient (Wildman–Crippen LogP) is 1.21. The molecule has 82 valence electrons.